The Morgan fingerprint density at radius 1 is 1.35 bits per heavy atom. The van der Waals surface area contributed by atoms with Gasteiger partial charge in [0.1, 0.15) is 5.82 Å². The highest BCUT2D eigenvalue weighted by atomic mass is 35.5. The third kappa shape index (κ3) is 3.08. The summed E-state index contributed by atoms with van der Waals surface area (Å²) in [6, 6.07) is -0.233. The van der Waals surface area contributed by atoms with Crippen LogP contribution in [0.1, 0.15) is 24.1 Å². The van der Waals surface area contributed by atoms with Gasteiger partial charge in [-0.05, 0) is 19.1 Å². The molecular weight excluding hydrogens is 262 g/mol. The Kier molecular flexibility index (Phi) is 4.01. The van der Waals surface area contributed by atoms with Crippen molar-refractivity contribution in [3.63, 3.8) is 0 Å². The minimum atomic E-state index is -4.65. The molecule has 7 heteroatoms. The molecule has 1 rings (SSSR count). The molecule has 0 bridgehead atoms. The van der Waals surface area contributed by atoms with Gasteiger partial charge in [0.25, 0.3) is 0 Å². The summed E-state index contributed by atoms with van der Waals surface area (Å²) in [7, 11) is 0. The molecule has 0 aliphatic rings. The van der Waals surface area contributed by atoms with Gasteiger partial charge in [0.15, 0.2) is 0 Å². The lowest BCUT2D eigenvalue weighted by molar-refractivity contribution is -0.137. The second-order valence-electron chi connectivity index (χ2n) is 3.63. The molecule has 0 amide bonds. The van der Waals surface area contributed by atoms with Gasteiger partial charge in [0, 0.05) is 5.56 Å². The molecule has 1 aromatic carbocycles. The van der Waals surface area contributed by atoms with Crippen molar-refractivity contribution in [1.82, 2.24) is 0 Å². The maximum atomic E-state index is 13.5. The molecule has 0 saturated carbocycles. The van der Waals surface area contributed by atoms with Gasteiger partial charge >= 0.3 is 6.18 Å². The molecule has 0 heterocycles. The van der Waals surface area contributed by atoms with Crippen LogP contribution in [0.3, 0.4) is 0 Å². The first kappa shape index (κ1) is 14.2. The minimum absolute atomic E-state index is 0.458. The van der Waals surface area contributed by atoms with Crippen molar-refractivity contribution in [1.29, 1.82) is 0 Å². The first-order valence-electron chi connectivity index (χ1n) is 4.64. The zero-order chi connectivity index (χ0) is 13.4. The summed E-state index contributed by atoms with van der Waals surface area (Å²) in [5, 5.41) is 8.49. The molecule has 17 heavy (non-hydrogen) atoms. The lowest BCUT2D eigenvalue weighted by Gasteiger charge is -2.18. The quantitative estimate of drug-likeness (QED) is 0.813. The van der Waals surface area contributed by atoms with Gasteiger partial charge in [0.2, 0.25) is 0 Å². The molecule has 2 nitrogen and oxygen atoms in total. The summed E-state index contributed by atoms with van der Waals surface area (Å²) in [6.07, 6.45) is -5.84. The first-order chi connectivity index (χ1) is 7.64. The topological polar surface area (TPSA) is 46.2 Å². The van der Waals surface area contributed by atoms with Crippen LogP contribution in [-0.2, 0) is 6.18 Å². The van der Waals surface area contributed by atoms with Crippen LogP contribution in [0.2, 0.25) is 5.02 Å². The highest BCUT2D eigenvalue weighted by Crippen LogP contribution is 2.35. The third-order valence-corrected chi connectivity index (χ3v) is 2.54. The lowest BCUT2D eigenvalue weighted by Crippen LogP contribution is -2.25. The number of aliphatic hydroxyl groups excluding tert-OH is 1. The van der Waals surface area contributed by atoms with Gasteiger partial charge < -0.3 is 10.8 Å². The second kappa shape index (κ2) is 4.80. The zero-order valence-electron chi connectivity index (χ0n) is 8.72. The Hall–Kier alpha value is -0.850. The van der Waals surface area contributed by atoms with E-state index in [-0.39, 0.29) is 0 Å². The lowest BCUT2D eigenvalue weighted by atomic mass is 10.00. The summed E-state index contributed by atoms with van der Waals surface area (Å²) in [5.41, 5.74) is 3.84. The molecule has 0 aliphatic heterocycles. The fourth-order valence-corrected chi connectivity index (χ4v) is 1.50. The zero-order valence-corrected chi connectivity index (χ0v) is 9.48. The van der Waals surface area contributed by atoms with Crippen molar-refractivity contribution >= 4 is 11.6 Å². The highest BCUT2D eigenvalue weighted by molar-refractivity contribution is 6.30. The van der Waals surface area contributed by atoms with Gasteiger partial charge in [-0.15, -0.1) is 0 Å². The number of hydrogen-bond donors (Lipinski definition) is 2. The van der Waals surface area contributed by atoms with Gasteiger partial charge in [-0.1, -0.05) is 11.6 Å². The van der Waals surface area contributed by atoms with E-state index in [0.717, 1.165) is 0 Å². The number of benzene rings is 1. The molecule has 0 saturated heterocycles. The molecule has 96 valence electrons. The summed E-state index contributed by atoms with van der Waals surface area (Å²) >= 11 is 5.36. The Morgan fingerprint density at radius 2 is 1.88 bits per heavy atom. The summed E-state index contributed by atoms with van der Waals surface area (Å²) in [6.45, 7) is 1.25. The van der Waals surface area contributed by atoms with Crippen LogP contribution in [0, 0.1) is 5.82 Å². The van der Waals surface area contributed by atoms with E-state index in [1.54, 1.807) is 0 Å². The van der Waals surface area contributed by atoms with E-state index < -0.39 is 40.3 Å². The van der Waals surface area contributed by atoms with Crippen LogP contribution in [0.15, 0.2) is 12.1 Å². The molecule has 0 aromatic heterocycles. The predicted octanol–water partition coefficient (Wildman–Crippen LogP) is 2.88. The monoisotopic (exact) mass is 271 g/mol. The summed E-state index contributed by atoms with van der Waals surface area (Å²) in [4.78, 5) is 0. The SMILES string of the molecule is C[C@H](O)[C@H](N)c1cc(C(F)(F)F)cc(Cl)c1F. The van der Waals surface area contributed by atoms with Crippen molar-refractivity contribution < 1.29 is 22.7 Å². The van der Waals surface area contributed by atoms with Crippen molar-refractivity contribution in [2.24, 2.45) is 5.73 Å². The second-order valence-corrected chi connectivity index (χ2v) is 4.03. The number of rotatable bonds is 2. The van der Waals surface area contributed by atoms with E-state index in [9.17, 15) is 17.6 Å². The fraction of sp³-hybridized carbons (Fsp3) is 0.400. The van der Waals surface area contributed by atoms with E-state index in [1.165, 1.54) is 6.92 Å². The smallest absolute Gasteiger partial charge is 0.391 e. The van der Waals surface area contributed by atoms with Crippen LogP contribution in [0.5, 0.6) is 0 Å². The maximum absolute atomic E-state index is 13.5. The van der Waals surface area contributed by atoms with Crippen LogP contribution in [0.4, 0.5) is 17.6 Å². The molecule has 1 aromatic rings. The van der Waals surface area contributed by atoms with Crippen LogP contribution >= 0.6 is 11.6 Å². The maximum Gasteiger partial charge on any atom is 0.416 e. The van der Waals surface area contributed by atoms with Crippen molar-refractivity contribution in [3.05, 3.63) is 34.1 Å². The normalized spacial score (nSPS) is 15.8. The molecule has 0 radical (unpaired) electrons. The van der Waals surface area contributed by atoms with Crippen molar-refractivity contribution in [2.45, 2.75) is 25.2 Å². The summed E-state index contributed by atoms with van der Waals surface area (Å²) < 4.78 is 50.9. The number of nitrogens with two attached hydrogens (primary N) is 1. The summed E-state index contributed by atoms with van der Waals surface area (Å²) in [5.74, 6) is -1.05. The van der Waals surface area contributed by atoms with Crippen molar-refractivity contribution in [2.75, 3.05) is 0 Å². The fourth-order valence-electron chi connectivity index (χ4n) is 1.28. The number of alkyl halides is 3. The first-order valence-corrected chi connectivity index (χ1v) is 5.02. The van der Waals surface area contributed by atoms with E-state index in [1.807, 2.05) is 0 Å². The van der Waals surface area contributed by atoms with Gasteiger partial charge in [-0.3, -0.25) is 0 Å². The average molecular weight is 272 g/mol. The van der Waals surface area contributed by atoms with Gasteiger partial charge in [-0.2, -0.15) is 13.2 Å². The number of hydrogen-bond acceptors (Lipinski definition) is 2. The van der Waals surface area contributed by atoms with Crippen molar-refractivity contribution in [3.8, 4) is 0 Å². The molecule has 0 spiro atoms. The van der Waals surface area contributed by atoms with Crippen LogP contribution in [0.25, 0.3) is 0 Å². The number of aliphatic hydroxyl groups is 1. The molecular formula is C10H10ClF4NO. The van der Waals surface area contributed by atoms with E-state index in [4.69, 9.17) is 22.4 Å². The molecule has 0 aliphatic carbocycles. The van der Waals surface area contributed by atoms with Gasteiger partial charge in [0.05, 0.1) is 22.7 Å². The van der Waals surface area contributed by atoms with Crippen LogP contribution < -0.4 is 5.73 Å². The minimum Gasteiger partial charge on any atom is -0.391 e. The standard InChI is InChI=1S/C10H10ClF4NO/c1-4(17)9(16)6-2-5(10(13,14)15)3-7(11)8(6)12/h2-4,9,17H,16H2,1H3/t4-,9-/m0/s1. The van der Waals surface area contributed by atoms with Crippen LogP contribution in [-0.4, -0.2) is 11.2 Å². The van der Waals surface area contributed by atoms with E-state index in [0.29, 0.717) is 12.1 Å². The number of halogens is 5. The average Bonchev–Trinajstić information content (AvgIpc) is 2.19. The van der Waals surface area contributed by atoms with Gasteiger partial charge in [-0.25, -0.2) is 4.39 Å². The Labute approximate surface area is 100.0 Å². The predicted molar refractivity (Wildman–Crippen MR) is 55.0 cm³/mol. The van der Waals surface area contributed by atoms with E-state index >= 15 is 0 Å². The van der Waals surface area contributed by atoms with E-state index in [2.05, 4.69) is 0 Å². The highest BCUT2D eigenvalue weighted by Gasteiger charge is 2.33. The molecule has 0 unspecified atom stereocenters. The Balaban J connectivity index is 3.35. The Morgan fingerprint density at radius 3 is 2.29 bits per heavy atom. The molecule has 0 fully saturated rings. The third-order valence-electron chi connectivity index (χ3n) is 2.26. The largest absolute Gasteiger partial charge is 0.416 e. The molecule has 3 N–H and O–H groups in total. The molecule has 2 atom stereocenters. The Bertz CT molecular complexity index is 420.